The number of aromatic nitrogens is 2. The minimum Gasteiger partial charge on any atom is -0.377 e. The van der Waals surface area contributed by atoms with Gasteiger partial charge in [-0.25, -0.2) is 9.36 Å². The maximum atomic E-state index is 12.5. The van der Waals surface area contributed by atoms with Crippen LogP contribution >= 0.6 is 15.4 Å². The lowest BCUT2D eigenvalue weighted by molar-refractivity contribution is -0.0376. The Hall–Kier alpha value is -1.10. The monoisotopic (exact) mass is 470 g/mol. The number of nitrogens with zero attached hydrogens (tertiary/aromatic N) is 1. The molecule has 0 aliphatic heterocycles. The summed E-state index contributed by atoms with van der Waals surface area (Å²) in [6.45, 7) is 4.70. The summed E-state index contributed by atoms with van der Waals surface area (Å²) in [6.07, 6.45) is -1.10. The molecule has 1 aromatic heterocycles. The first-order chi connectivity index (χ1) is 13.6. The van der Waals surface area contributed by atoms with Gasteiger partial charge < -0.3 is 19.4 Å². The fourth-order valence-corrected chi connectivity index (χ4v) is 5.60. The Morgan fingerprint density at radius 3 is 2.33 bits per heavy atom. The van der Waals surface area contributed by atoms with Crippen LogP contribution in [0.3, 0.4) is 0 Å². The molecule has 0 amide bonds. The van der Waals surface area contributed by atoms with E-state index in [0.29, 0.717) is 0 Å². The first-order valence-corrected chi connectivity index (χ1v) is 12.5. The zero-order valence-corrected chi connectivity index (χ0v) is 18.9. The standard InChI is InChI=1S/C16H28N2O10P2/c1-16(2,3)28-30(24,25)27-13-10(6-8-29(21,22)23)9-11(14(13)26-4)18-7-5-12(19)17-15(18)20/h5,7,10-11,13-14H,6,8-9H2,1-4H3,(H,24,25)(H,17,19,20)(H2,21,22,23)/t10-,11+,13?,14+/m0/s1. The predicted octanol–water partition coefficient (Wildman–Crippen LogP) is 0.981. The maximum absolute atomic E-state index is 12.5. The fraction of sp³-hybridized carbons (Fsp3) is 0.750. The molecule has 5 atom stereocenters. The first-order valence-electron chi connectivity index (χ1n) is 9.23. The second-order valence-electron chi connectivity index (χ2n) is 8.20. The molecule has 12 nitrogen and oxygen atoms in total. The van der Waals surface area contributed by atoms with Crippen LogP contribution < -0.4 is 11.2 Å². The molecule has 1 heterocycles. The highest BCUT2D eigenvalue weighted by Crippen LogP contribution is 2.54. The van der Waals surface area contributed by atoms with Crippen LogP contribution in [0.4, 0.5) is 0 Å². The normalized spacial score (nSPS) is 27.2. The minimum atomic E-state index is -4.57. The summed E-state index contributed by atoms with van der Waals surface area (Å²) in [5, 5.41) is 0. The molecule has 0 aromatic carbocycles. The van der Waals surface area contributed by atoms with Crippen molar-refractivity contribution < 1.29 is 37.6 Å². The molecule has 2 rings (SSSR count). The van der Waals surface area contributed by atoms with E-state index >= 15 is 0 Å². The molecule has 14 heteroatoms. The summed E-state index contributed by atoms with van der Waals surface area (Å²) in [4.78, 5) is 54.4. The number of aromatic amines is 1. The van der Waals surface area contributed by atoms with E-state index in [9.17, 15) is 33.4 Å². The molecule has 1 aliphatic rings. The first kappa shape index (κ1) is 25.2. The highest BCUT2D eigenvalue weighted by Gasteiger charge is 2.49. The van der Waals surface area contributed by atoms with E-state index in [2.05, 4.69) is 4.98 Å². The van der Waals surface area contributed by atoms with Crippen molar-refractivity contribution in [3.8, 4) is 0 Å². The Kier molecular flexibility index (Phi) is 7.70. The second kappa shape index (κ2) is 9.18. The SMILES string of the molecule is CO[C@H]1C(OP(=O)(O)OC(C)(C)C)[C@@H](CCP(=O)(O)O)C[C@H]1n1ccc(=O)[nH]c1=O. The molecule has 0 radical (unpaired) electrons. The van der Waals surface area contributed by atoms with Crippen LogP contribution in [0.15, 0.2) is 21.9 Å². The van der Waals surface area contributed by atoms with Crippen molar-refractivity contribution in [2.24, 2.45) is 5.92 Å². The molecule has 1 aliphatic carbocycles. The summed E-state index contributed by atoms with van der Waals surface area (Å²) in [5.41, 5.74) is -2.29. The third kappa shape index (κ3) is 6.96. The van der Waals surface area contributed by atoms with Crippen molar-refractivity contribution in [3.05, 3.63) is 33.1 Å². The Morgan fingerprint density at radius 1 is 1.20 bits per heavy atom. The largest absolute Gasteiger partial charge is 0.473 e. The van der Waals surface area contributed by atoms with Crippen molar-refractivity contribution in [2.45, 2.75) is 57.5 Å². The maximum Gasteiger partial charge on any atom is 0.473 e. The van der Waals surface area contributed by atoms with Crippen LogP contribution in [0.25, 0.3) is 0 Å². The highest BCUT2D eigenvalue weighted by molar-refractivity contribution is 7.51. The van der Waals surface area contributed by atoms with Gasteiger partial charge in [-0.1, -0.05) is 0 Å². The second-order valence-corrected chi connectivity index (χ2v) is 11.3. The molecule has 172 valence electrons. The summed E-state index contributed by atoms with van der Waals surface area (Å²) in [6, 6.07) is 0.438. The number of rotatable bonds is 8. The number of methoxy groups -OCH3 is 1. The van der Waals surface area contributed by atoms with Gasteiger partial charge in [-0.05, 0) is 39.5 Å². The van der Waals surface area contributed by atoms with Crippen molar-refractivity contribution in [2.75, 3.05) is 13.3 Å². The van der Waals surface area contributed by atoms with E-state index < -0.39 is 62.6 Å². The van der Waals surface area contributed by atoms with Crippen molar-refractivity contribution in [1.82, 2.24) is 9.55 Å². The van der Waals surface area contributed by atoms with Crippen molar-refractivity contribution in [1.29, 1.82) is 0 Å². The van der Waals surface area contributed by atoms with Gasteiger partial charge in [0.05, 0.1) is 17.8 Å². The molecular weight excluding hydrogens is 442 g/mol. The van der Waals surface area contributed by atoms with Crippen LogP contribution in [0.5, 0.6) is 0 Å². The van der Waals surface area contributed by atoms with Crippen molar-refractivity contribution in [3.63, 3.8) is 0 Å². The van der Waals surface area contributed by atoms with Gasteiger partial charge in [-0.15, -0.1) is 0 Å². The number of phosphoric acid groups is 1. The average Bonchev–Trinajstić information content (AvgIpc) is 2.86. The van der Waals surface area contributed by atoms with Gasteiger partial charge >= 0.3 is 21.1 Å². The quantitative estimate of drug-likeness (QED) is 0.400. The highest BCUT2D eigenvalue weighted by atomic mass is 31.2. The van der Waals surface area contributed by atoms with Gasteiger partial charge in [-0.3, -0.25) is 28.0 Å². The third-order valence-corrected chi connectivity index (χ3v) is 6.76. The fourth-order valence-electron chi connectivity index (χ4n) is 3.60. The topological polar surface area (TPSA) is 177 Å². The van der Waals surface area contributed by atoms with E-state index in [0.717, 1.165) is 6.07 Å². The van der Waals surface area contributed by atoms with Crippen LogP contribution in [-0.4, -0.2) is 55.3 Å². The lowest BCUT2D eigenvalue weighted by Crippen LogP contribution is -2.39. The molecule has 2 unspecified atom stereocenters. The Labute approximate surface area is 173 Å². The molecule has 30 heavy (non-hydrogen) atoms. The zero-order chi connectivity index (χ0) is 22.9. The van der Waals surface area contributed by atoms with Crippen LogP contribution in [0, 0.1) is 5.92 Å². The Bertz CT molecular complexity index is 946. The van der Waals surface area contributed by atoms with Crippen LogP contribution in [-0.2, 0) is 22.9 Å². The van der Waals surface area contributed by atoms with Gasteiger partial charge in [-0.2, -0.15) is 0 Å². The van der Waals surface area contributed by atoms with Crippen LogP contribution in [0.1, 0.15) is 39.7 Å². The number of ether oxygens (including phenoxy) is 1. The molecule has 4 N–H and O–H groups in total. The number of hydrogen-bond acceptors (Lipinski definition) is 7. The van der Waals surface area contributed by atoms with Crippen LogP contribution in [0.2, 0.25) is 0 Å². The van der Waals surface area contributed by atoms with E-state index in [4.69, 9.17) is 13.8 Å². The van der Waals surface area contributed by atoms with Crippen molar-refractivity contribution >= 4 is 15.4 Å². The van der Waals surface area contributed by atoms with E-state index in [1.807, 2.05) is 0 Å². The predicted molar refractivity (Wildman–Crippen MR) is 106 cm³/mol. The van der Waals surface area contributed by atoms with E-state index in [1.54, 1.807) is 20.8 Å². The number of phosphoric ester groups is 1. The number of nitrogens with one attached hydrogen (secondary N) is 1. The zero-order valence-electron chi connectivity index (χ0n) is 17.1. The van der Waals surface area contributed by atoms with E-state index in [-0.39, 0.29) is 12.8 Å². The van der Waals surface area contributed by atoms with Gasteiger partial charge in [0.1, 0.15) is 12.2 Å². The lowest BCUT2D eigenvalue weighted by atomic mass is 10.0. The third-order valence-electron chi connectivity index (χ3n) is 4.63. The molecular formula is C16H28N2O10P2. The number of hydrogen-bond donors (Lipinski definition) is 4. The molecule has 0 bridgehead atoms. The lowest BCUT2D eigenvalue weighted by Gasteiger charge is -2.30. The van der Waals surface area contributed by atoms with Gasteiger partial charge in [0, 0.05) is 19.4 Å². The molecule has 1 saturated carbocycles. The van der Waals surface area contributed by atoms with Gasteiger partial charge in [0.25, 0.3) is 5.56 Å². The molecule has 1 aromatic rings. The van der Waals surface area contributed by atoms with Gasteiger partial charge in [0.15, 0.2) is 0 Å². The summed E-state index contributed by atoms with van der Waals surface area (Å²) in [7, 11) is -7.59. The molecule has 0 saturated heterocycles. The summed E-state index contributed by atoms with van der Waals surface area (Å²) >= 11 is 0. The summed E-state index contributed by atoms with van der Waals surface area (Å²) < 4.78 is 41.1. The molecule has 1 fully saturated rings. The van der Waals surface area contributed by atoms with E-state index in [1.165, 1.54) is 17.9 Å². The summed E-state index contributed by atoms with van der Waals surface area (Å²) in [5.74, 6) is -0.629. The molecule has 0 spiro atoms. The average molecular weight is 470 g/mol. The Balaban J connectivity index is 2.39. The smallest absolute Gasteiger partial charge is 0.377 e. The van der Waals surface area contributed by atoms with Gasteiger partial charge in [0.2, 0.25) is 0 Å². The Morgan fingerprint density at radius 2 is 1.83 bits per heavy atom. The number of H-pyrrole nitrogens is 1. The minimum absolute atomic E-state index is 0.0427.